The summed E-state index contributed by atoms with van der Waals surface area (Å²) in [5.41, 5.74) is 5.02. The van der Waals surface area contributed by atoms with Gasteiger partial charge in [-0.05, 0) is 25.5 Å². The van der Waals surface area contributed by atoms with Crippen LogP contribution in [0.15, 0.2) is 53.9 Å². The van der Waals surface area contributed by atoms with Gasteiger partial charge in [-0.1, -0.05) is 48.0 Å². The molecule has 0 bridgehead atoms. The third kappa shape index (κ3) is 2.78. The molecule has 2 aromatic carbocycles. The van der Waals surface area contributed by atoms with Gasteiger partial charge in [0.15, 0.2) is 5.01 Å². The summed E-state index contributed by atoms with van der Waals surface area (Å²) in [7, 11) is 0. The van der Waals surface area contributed by atoms with E-state index in [0.29, 0.717) is 10.6 Å². The van der Waals surface area contributed by atoms with Crippen LogP contribution >= 0.6 is 11.3 Å². The SMILES string of the molecule is Cc1ccc(C)c(-c2csc(C(=O)c3ccccc3)n2)c1. The van der Waals surface area contributed by atoms with Crippen LogP contribution in [-0.2, 0) is 0 Å². The van der Waals surface area contributed by atoms with Crippen molar-refractivity contribution >= 4 is 17.1 Å². The summed E-state index contributed by atoms with van der Waals surface area (Å²) >= 11 is 1.40. The van der Waals surface area contributed by atoms with Gasteiger partial charge in [0, 0.05) is 16.5 Å². The number of benzene rings is 2. The maximum absolute atomic E-state index is 12.4. The Kier molecular flexibility index (Phi) is 3.67. The van der Waals surface area contributed by atoms with Crippen LogP contribution in [0.5, 0.6) is 0 Å². The van der Waals surface area contributed by atoms with Gasteiger partial charge in [-0.15, -0.1) is 11.3 Å². The van der Waals surface area contributed by atoms with Gasteiger partial charge in [-0.2, -0.15) is 0 Å². The first-order chi connectivity index (χ1) is 10.1. The quantitative estimate of drug-likeness (QED) is 0.657. The van der Waals surface area contributed by atoms with Crippen LogP contribution in [0.25, 0.3) is 11.3 Å². The highest BCUT2D eigenvalue weighted by atomic mass is 32.1. The maximum atomic E-state index is 12.4. The largest absolute Gasteiger partial charge is 0.286 e. The number of carbonyl (C=O) groups excluding carboxylic acids is 1. The number of carbonyl (C=O) groups is 1. The fourth-order valence-electron chi connectivity index (χ4n) is 2.23. The Morgan fingerprint density at radius 1 is 1.05 bits per heavy atom. The maximum Gasteiger partial charge on any atom is 0.221 e. The zero-order valence-corrected chi connectivity index (χ0v) is 12.8. The van der Waals surface area contributed by atoms with Crippen LogP contribution in [0, 0.1) is 13.8 Å². The molecule has 2 nitrogen and oxygen atoms in total. The molecule has 3 aromatic rings. The van der Waals surface area contributed by atoms with E-state index in [0.717, 1.165) is 11.3 Å². The molecule has 3 rings (SSSR count). The number of hydrogen-bond acceptors (Lipinski definition) is 3. The molecular formula is C18H15NOS. The number of ketones is 1. The van der Waals surface area contributed by atoms with Crippen LogP contribution in [0.3, 0.4) is 0 Å². The lowest BCUT2D eigenvalue weighted by atomic mass is 10.0. The second-order valence-electron chi connectivity index (χ2n) is 5.05. The Hall–Kier alpha value is -2.26. The second-order valence-corrected chi connectivity index (χ2v) is 5.91. The minimum atomic E-state index is -0.0165. The minimum Gasteiger partial charge on any atom is -0.286 e. The fraction of sp³-hybridized carbons (Fsp3) is 0.111. The van der Waals surface area contributed by atoms with Crippen LogP contribution in [0.4, 0.5) is 0 Å². The zero-order valence-electron chi connectivity index (χ0n) is 12.0. The molecule has 1 aromatic heterocycles. The summed E-state index contributed by atoms with van der Waals surface area (Å²) < 4.78 is 0. The fourth-order valence-corrected chi connectivity index (χ4v) is 3.01. The number of thiazole rings is 1. The number of aryl methyl sites for hydroxylation is 2. The number of nitrogens with zero attached hydrogens (tertiary/aromatic N) is 1. The predicted molar refractivity (Wildman–Crippen MR) is 86.9 cm³/mol. The van der Waals surface area contributed by atoms with E-state index >= 15 is 0 Å². The molecule has 104 valence electrons. The van der Waals surface area contributed by atoms with Crippen LogP contribution in [0.1, 0.15) is 26.5 Å². The van der Waals surface area contributed by atoms with Crippen molar-refractivity contribution in [2.24, 2.45) is 0 Å². The molecule has 0 fully saturated rings. The Morgan fingerprint density at radius 3 is 2.57 bits per heavy atom. The lowest BCUT2D eigenvalue weighted by Gasteiger charge is -2.03. The van der Waals surface area contributed by atoms with Gasteiger partial charge < -0.3 is 0 Å². The average Bonchev–Trinajstić information content (AvgIpc) is 2.99. The molecule has 0 saturated heterocycles. The molecule has 0 radical (unpaired) electrons. The molecule has 0 aliphatic carbocycles. The van der Waals surface area contributed by atoms with Crippen molar-refractivity contribution in [3.8, 4) is 11.3 Å². The lowest BCUT2D eigenvalue weighted by molar-refractivity contribution is 0.103. The van der Waals surface area contributed by atoms with E-state index in [2.05, 4.69) is 37.0 Å². The molecule has 1 heterocycles. The summed E-state index contributed by atoms with van der Waals surface area (Å²) in [5, 5.41) is 2.50. The molecule has 0 unspecified atom stereocenters. The predicted octanol–water partition coefficient (Wildman–Crippen LogP) is 4.66. The van der Waals surface area contributed by atoms with E-state index in [-0.39, 0.29) is 5.78 Å². The number of aromatic nitrogens is 1. The van der Waals surface area contributed by atoms with E-state index in [4.69, 9.17) is 0 Å². The summed E-state index contributed by atoms with van der Waals surface area (Å²) in [5.74, 6) is -0.0165. The highest BCUT2D eigenvalue weighted by molar-refractivity contribution is 7.12. The summed E-state index contributed by atoms with van der Waals surface area (Å²) in [6, 6.07) is 15.6. The normalized spacial score (nSPS) is 10.6. The van der Waals surface area contributed by atoms with Gasteiger partial charge in [0.1, 0.15) is 0 Å². The molecule has 21 heavy (non-hydrogen) atoms. The number of rotatable bonds is 3. The third-order valence-electron chi connectivity index (χ3n) is 3.40. The minimum absolute atomic E-state index is 0.0165. The Balaban J connectivity index is 1.97. The first-order valence-electron chi connectivity index (χ1n) is 6.78. The molecule has 0 amide bonds. The molecule has 0 spiro atoms. The van der Waals surface area contributed by atoms with Crippen molar-refractivity contribution in [1.82, 2.24) is 4.98 Å². The Morgan fingerprint density at radius 2 is 1.81 bits per heavy atom. The van der Waals surface area contributed by atoms with Crippen LogP contribution in [0.2, 0.25) is 0 Å². The van der Waals surface area contributed by atoms with E-state index in [1.807, 2.05) is 35.7 Å². The van der Waals surface area contributed by atoms with E-state index < -0.39 is 0 Å². The van der Waals surface area contributed by atoms with E-state index in [1.165, 1.54) is 22.5 Å². The molecule has 0 saturated carbocycles. The van der Waals surface area contributed by atoms with Gasteiger partial charge in [0.2, 0.25) is 5.78 Å². The van der Waals surface area contributed by atoms with Crippen molar-refractivity contribution in [3.05, 3.63) is 75.6 Å². The van der Waals surface area contributed by atoms with E-state index in [9.17, 15) is 4.79 Å². The summed E-state index contributed by atoms with van der Waals surface area (Å²) in [6.07, 6.45) is 0. The monoisotopic (exact) mass is 293 g/mol. The molecular weight excluding hydrogens is 278 g/mol. The highest BCUT2D eigenvalue weighted by Crippen LogP contribution is 2.27. The van der Waals surface area contributed by atoms with Gasteiger partial charge in [0.25, 0.3) is 0 Å². The van der Waals surface area contributed by atoms with Gasteiger partial charge >= 0.3 is 0 Å². The van der Waals surface area contributed by atoms with Crippen molar-refractivity contribution in [1.29, 1.82) is 0 Å². The first-order valence-corrected chi connectivity index (χ1v) is 7.66. The summed E-state index contributed by atoms with van der Waals surface area (Å²) in [6.45, 7) is 4.12. The smallest absolute Gasteiger partial charge is 0.221 e. The molecule has 3 heteroatoms. The van der Waals surface area contributed by atoms with Gasteiger partial charge in [-0.25, -0.2) is 4.98 Å². The van der Waals surface area contributed by atoms with Crippen molar-refractivity contribution < 1.29 is 4.79 Å². The Bertz CT molecular complexity index is 790. The van der Waals surface area contributed by atoms with Crippen LogP contribution in [-0.4, -0.2) is 10.8 Å². The molecule has 0 N–H and O–H groups in total. The van der Waals surface area contributed by atoms with Gasteiger partial charge in [0.05, 0.1) is 5.69 Å². The van der Waals surface area contributed by atoms with Crippen molar-refractivity contribution in [2.45, 2.75) is 13.8 Å². The molecule has 0 aliphatic rings. The second kappa shape index (κ2) is 5.62. The molecule has 0 atom stereocenters. The van der Waals surface area contributed by atoms with Gasteiger partial charge in [-0.3, -0.25) is 4.79 Å². The van der Waals surface area contributed by atoms with E-state index in [1.54, 1.807) is 0 Å². The molecule has 0 aliphatic heterocycles. The Labute approximate surface area is 128 Å². The lowest BCUT2D eigenvalue weighted by Crippen LogP contribution is -2.00. The van der Waals surface area contributed by atoms with Crippen molar-refractivity contribution in [2.75, 3.05) is 0 Å². The standard InChI is InChI=1S/C18H15NOS/c1-12-8-9-13(2)15(10-12)16-11-21-18(19-16)17(20)14-6-4-3-5-7-14/h3-11H,1-2H3. The average molecular weight is 293 g/mol. The topological polar surface area (TPSA) is 30.0 Å². The summed E-state index contributed by atoms with van der Waals surface area (Å²) in [4.78, 5) is 16.9. The highest BCUT2D eigenvalue weighted by Gasteiger charge is 2.14. The van der Waals surface area contributed by atoms with Crippen LogP contribution < -0.4 is 0 Å². The number of hydrogen-bond donors (Lipinski definition) is 0. The van der Waals surface area contributed by atoms with Crippen molar-refractivity contribution in [3.63, 3.8) is 0 Å². The zero-order chi connectivity index (χ0) is 14.8. The third-order valence-corrected chi connectivity index (χ3v) is 4.24. The first kappa shape index (κ1) is 13.7.